The number of pyridine rings is 1. The first-order valence-corrected chi connectivity index (χ1v) is 12.5. The van der Waals surface area contributed by atoms with Crippen LogP contribution in [-0.2, 0) is 18.0 Å². The number of aryl methyl sites for hydroxylation is 1. The van der Waals surface area contributed by atoms with Gasteiger partial charge in [-0.3, -0.25) is 14.3 Å². The predicted molar refractivity (Wildman–Crippen MR) is 148 cm³/mol. The molecule has 0 radical (unpaired) electrons. The molecule has 0 bridgehead atoms. The van der Waals surface area contributed by atoms with Crippen LogP contribution in [0.1, 0.15) is 58.8 Å². The number of methoxy groups -OCH3 is 1. The average molecular weight is 542 g/mol. The van der Waals surface area contributed by atoms with Crippen LogP contribution in [0.15, 0.2) is 75.5 Å². The Morgan fingerprint density at radius 2 is 1.88 bits per heavy atom. The van der Waals surface area contributed by atoms with Gasteiger partial charge in [-0.05, 0) is 72.0 Å². The molecule has 2 aromatic heterocycles. The van der Waals surface area contributed by atoms with E-state index in [1.165, 1.54) is 16.8 Å². The Kier molecular flexibility index (Phi) is 8.54. The van der Waals surface area contributed by atoms with Gasteiger partial charge in [0, 0.05) is 17.3 Å². The van der Waals surface area contributed by atoms with Crippen LogP contribution in [0.25, 0.3) is 0 Å². The van der Waals surface area contributed by atoms with Crippen LogP contribution in [0.5, 0.6) is 5.75 Å². The number of oxime groups is 1. The molecular weight excluding hydrogens is 513 g/mol. The van der Waals surface area contributed by atoms with E-state index in [-0.39, 0.29) is 30.5 Å². The Morgan fingerprint density at radius 3 is 2.52 bits per heavy atom. The lowest BCUT2D eigenvalue weighted by molar-refractivity contribution is 0.130. The maximum atomic E-state index is 13.9. The fourth-order valence-electron chi connectivity index (χ4n) is 4.36. The number of nitriles is 1. The highest BCUT2D eigenvalue weighted by atomic mass is 19.1. The van der Waals surface area contributed by atoms with Gasteiger partial charge in [0.2, 0.25) is 5.95 Å². The number of rotatable bonds is 9. The minimum atomic E-state index is -0.699. The minimum Gasteiger partial charge on any atom is -0.497 e. The van der Waals surface area contributed by atoms with Crippen molar-refractivity contribution in [2.75, 3.05) is 7.11 Å². The van der Waals surface area contributed by atoms with Gasteiger partial charge in [0.05, 0.1) is 31.0 Å². The van der Waals surface area contributed by atoms with Gasteiger partial charge in [-0.1, -0.05) is 31.1 Å². The zero-order chi connectivity index (χ0) is 28.8. The van der Waals surface area contributed by atoms with Crippen LogP contribution < -0.4 is 16.0 Å². The van der Waals surface area contributed by atoms with Gasteiger partial charge < -0.3 is 9.57 Å². The molecule has 0 amide bonds. The summed E-state index contributed by atoms with van der Waals surface area (Å²) in [6.07, 6.45) is 1.30. The van der Waals surface area contributed by atoms with Crippen LogP contribution in [0.3, 0.4) is 0 Å². The van der Waals surface area contributed by atoms with Gasteiger partial charge in [0.25, 0.3) is 5.56 Å². The molecule has 40 heavy (non-hydrogen) atoms. The van der Waals surface area contributed by atoms with Gasteiger partial charge in [-0.2, -0.15) is 9.65 Å². The van der Waals surface area contributed by atoms with Crippen molar-refractivity contribution in [3.8, 4) is 11.8 Å². The van der Waals surface area contributed by atoms with Gasteiger partial charge in [-0.15, -0.1) is 0 Å². The minimum absolute atomic E-state index is 0.0709. The zero-order valence-electron chi connectivity index (χ0n) is 22.6. The highest BCUT2D eigenvalue weighted by Gasteiger charge is 2.25. The van der Waals surface area contributed by atoms with Crippen molar-refractivity contribution in [3.05, 3.63) is 127 Å². The second-order valence-corrected chi connectivity index (χ2v) is 9.51. The lowest BCUT2D eigenvalue weighted by Crippen LogP contribution is -2.38. The molecule has 1 N–H and O–H groups in total. The largest absolute Gasteiger partial charge is 0.497 e. The summed E-state index contributed by atoms with van der Waals surface area (Å²) in [6.45, 7) is 5.49. The van der Waals surface area contributed by atoms with E-state index in [1.807, 2.05) is 32.9 Å². The molecule has 0 saturated carbocycles. The monoisotopic (exact) mass is 541 g/mol. The van der Waals surface area contributed by atoms with Crippen molar-refractivity contribution in [1.29, 1.82) is 5.26 Å². The van der Waals surface area contributed by atoms with E-state index in [1.54, 1.807) is 43.5 Å². The molecule has 0 aliphatic heterocycles. The number of hydrogen-bond acceptors (Lipinski definition) is 7. The summed E-state index contributed by atoms with van der Waals surface area (Å²) in [6, 6.07) is 17.3. The van der Waals surface area contributed by atoms with E-state index in [0.717, 1.165) is 11.1 Å². The quantitative estimate of drug-likeness (QED) is 0.190. The van der Waals surface area contributed by atoms with Gasteiger partial charge in [0.15, 0.2) is 0 Å². The molecule has 2 heterocycles. The van der Waals surface area contributed by atoms with Gasteiger partial charge in [0.1, 0.15) is 18.1 Å². The summed E-state index contributed by atoms with van der Waals surface area (Å²) < 4.78 is 20.5. The first-order valence-electron chi connectivity index (χ1n) is 12.5. The Morgan fingerprint density at radius 1 is 1.12 bits per heavy atom. The Balaban J connectivity index is 1.94. The van der Waals surface area contributed by atoms with Crippen LogP contribution in [0.4, 0.5) is 4.39 Å². The molecule has 0 atom stereocenters. The van der Waals surface area contributed by atoms with E-state index in [9.17, 15) is 19.2 Å². The molecule has 0 unspecified atom stereocenters. The Bertz CT molecular complexity index is 1720. The summed E-state index contributed by atoms with van der Waals surface area (Å²) in [5.41, 5.74) is 2.33. The van der Waals surface area contributed by atoms with E-state index in [2.05, 4.69) is 21.2 Å². The fourth-order valence-corrected chi connectivity index (χ4v) is 4.36. The van der Waals surface area contributed by atoms with Crippen molar-refractivity contribution in [1.82, 2.24) is 14.5 Å². The second-order valence-electron chi connectivity index (χ2n) is 9.51. The summed E-state index contributed by atoms with van der Waals surface area (Å²) >= 11 is 0. The molecule has 4 rings (SSSR count). The fraction of sp³-hybridized carbons (Fsp3) is 0.233. The second kappa shape index (κ2) is 12.2. The summed E-state index contributed by atoms with van der Waals surface area (Å²) in [7, 11) is 1.58. The third-order valence-corrected chi connectivity index (χ3v) is 6.19. The van der Waals surface area contributed by atoms with E-state index >= 15 is 0 Å². The molecular formula is C30H28FN5O4. The first kappa shape index (κ1) is 28.0. The molecule has 0 fully saturated rings. The van der Waals surface area contributed by atoms with Crippen molar-refractivity contribution in [2.45, 2.75) is 39.8 Å². The normalized spacial score (nSPS) is 11.4. The average Bonchev–Trinajstić information content (AvgIpc) is 2.92. The molecule has 0 spiro atoms. The summed E-state index contributed by atoms with van der Waals surface area (Å²) in [5.74, 6) is -0.333. The van der Waals surface area contributed by atoms with Crippen LogP contribution in [0, 0.1) is 24.2 Å². The molecule has 4 aromatic rings. The number of aromatic nitrogens is 3. The number of halogens is 1. The maximum Gasteiger partial charge on any atom is 0.329 e. The molecule has 0 aliphatic rings. The Labute approximate surface area is 230 Å². The standard InChI is InChI=1S/C30H28FN5O4/c1-18(2)26-28(36(30(38)34-29(26)37)16-21-9-10-33-25(31)14-21)27(23-12-19(3)11-22(13-23)15-32)35-40-17-20-5-7-24(39-4)8-6-20/h5-14,18H,16-17H2,1-4H3,(H,34,37,38)/b35-27-. The molecule has 0 saturated heterocycles. The van der Waals surface area contributed by atoms with Crippen LogP contribution >= 0.6 is 0 Å². The van der Waals surface area contributed by atoms with Crippen molar-refractivity contribution in [2.24, 2.45) is 5.16 Å². The van der Waals surface area contributed by atoms with E-state index in [4.69, 9.17) is 9.57 Å². The molecule has 0 aliphatic carbocycles. The maximum absolute atomic E-state index is 13.9. The molecule has 9 nitrogen and oxygen atoms in total. The topological polar surface area (TPSA) is 122 Å². The number of nitrogens with zero attached hydrogens (tertiary/aromatic N) is 4. The van der Waals surface area contributed by atoms with Crippen molar-refractivity contribution < 1.29 is 14.0 Å². The third-order valence-electron chi connectivity index (χ3n) is 6.19. The highest BCUT2D eigenvalue weighted by molar-refractivity contribution is 6.12. The molecule has 2 aromatic carbocycles. The zero-order valence-corrected chi connectivity index (χ0v) is 22.6. The first-order chi connectivity index (χ1) is 19.2. The number of hydrogen-bond donors (Lipinski definition) is 1. The van der Waals surface area contributed by atoms with Crippen LogP contribution in [0.2, 0.25) is 0 Å². The van der Waals surface area contributed by atoms with Gasteiger partial charge >= 0.3 is 5.69 Å². The van der Waals surface area contributed by atoms with Crippen LogP contribution in [-0.4, -0.2) is 27.4 Å². The smallest absolute Gasteiger partial charge is 0.329 e. The van der Waals surface area contributed by atoms with Gasteiger partial charge in [-0.25, -0.2) is 9.78 Å². The number of ether oxygens (including phenoxy) is 1. The predicted octanol–water partition coefficient (Wildman–Crippen LogP) is 4.40. The third kappa shape index (κ3) is 6.32. The number of benzene rings is 2. The SMILES string of the molecule is COc1ccc(CO/N=C(/c2cc(C)cc(C#N)c2)c2c(C(C)C)c(=O)[nH]c(=O)n2Cc2ccnc(F)c2)cc1. The summed E-state index contributed by atoms with van der Waals surface area (Å²) in [4.78, 5) is 38.1. The number of H-pyrrole nitrogens is 1. The van der Waals surface area contributed by atoms with Crippen molar-refractivity contribution in [3.63, 3.8) is 0 Å². The lowest BCUT2D eigenvalue weighted by atomic mass is 9.94. The van der Waals surface area contributed by atoms with E-state index < -0.39 is 17.2 Å². The highest BCUT2D eigenvalue weighted by Crippen LogP contribution is 2.22. The van der Waals surface area contributed by atoms with E-state index in [0.29, 0.717) is 28.0 Å². The number of aromatic amines is 1. The summed E-state index contributed by atoms with van der Waals surface area (Å²) in [5, 5.41) is 14.1. The molecule has 10 heteroatoms. The Hall–Kier alpha value is -5.04. The number of nitrogens with one attached hydrogen (secondary N) is 1. The van der Waals surface area contributed by atoms with Crippen molar-refractivity contribution >= 4 is 5.71 Å². The molecule has 204 valence electrons. The lowest BCUT2D eigenvalue weighted by Gasteiger charge is -2.20.